The molecule has 1 saturated heterocycles. The average molecular weight is 301 g/mol. The maximum absolute atomic E-state index is 12.5. The molecule has 5 heteroatoms. The first-order valence-electron chi connectivity index (χ1n) is 7.83. The molecule has 1 heterocycles. The second kappa shape index (κ2) is 6.14. The van der Waals surface area contributed by atoms with E-state index in [0.717, 1.165) is 38.5 Å². The maximum atomic E-state index is 12.5. The molecular weight excluding hydrogens is 274 g/mol. The summed E-state index contributed by atoms with van der Waals surface area (Å²) < 4.78 is 12.0. The Balaban J connectivity index is 2.02. The molecule has 0 aromatic rings. The van der Waals surface area contributed by atoms with Gasteiger partial charge < -0.3 is 10.0 Å². The Kier molecular flexibility index (Phi) is 4.90. The zero-order valence-electron chi connectivity index (χ0n) is 12.7. The average Bonchev–Trinajstić information content (AvgIpc) is 2.86. The largest absolute Gasteiger partial charge is 0.389 e. The number of carbonyl (C=O) groups is 1. The monoisotopic (exact) mass is 301 g/mol. The molecule has 20 heavy (non-hydrogen) atoms. The number of hydrogen-bond acceptors (Lipinski definition) is 3. The number of hydrogen-bond donors (Lipinski definition) is 1. The van der Waals surface area contributed by atoms with Crippen molar-refractivity contribution in [1.82, 2.24) is 4.90 Å². The molecule has 1 N–H and O–H groups in total. The molecule has 2 fully saturated rings. The fourth-order valence-corrected chi connectivity index (χ4v) is 5.28. The van der Waals surface area contributed by atoms with E-state index in [1.54, 1.807) is 0 Å². The summed E-state index contributed by atoms with van der Waals surface area (Å²) in [5.74, 6) is 0.614. The van der Waals surface area contributed by atoms with Gasteiger partial charge in [-0.2, -0.15) is 0 Å². The van der Waals surface area contributed by atoms with Gasteiger partial charge in [0.05, 0.1) is 16.8 Å². The molecule has 0 bridgehead atoms. The number of amides is 1. The van der Waals surface area contributed by atoms with Gasteiger partial charge in [0.1, 0.15) is 0 Å². The van der Waals surface area contributed by atoms with Gasteiger partial charge in [-0.05, 0) is 25.7 Å². The third-order valence-corrected chi connectivity index (χ3v) is 7.39. The second-order valence-electron chi connectivity index (χ2n) is 6.36. The van der Waals surface area contributed by atoms with Gasteiger partial charge in [0.25, 0.3) is 0 Å². The van der Waals surface area contributed by atoms with Crippen LogP contribution in [0.4, 0.5) is 0 Å². The minimum absolute atomic E-state index is 0.0392. The van der Waals surface area contributed by atoms with Gasteiger partial charge in [-0.3, -0.25) is 9.00 Å². The number of rotatable bonds is 4. The van der Waals surface area contributed by atoms with Crippen molar-refractivity contribution in [3.05, 3.63) is 0 Å². The van der Waals surface area contributed by atoms with Crippen molar-refractivity contribution in [2.45, 2.75) is 69.1 Å². The first-order valence-corrected chi connectivity index (χ1v) is 9.15. The SMILES string of the molecule is CCC1(CC)CN(C(=O)CC2(O)CCCC2)CCS1=O. The minimum Gasteiger partial charge on any atom is -0.389 e. The summed E-state index contributed by atoms with van der Waals surface area (Å²) in [6, 6.07) is 0. The van der Waals surface area contributed by atoms with Crippen molar-refractivity contribution in [3.8, 4) is 0 Å². The van der Waals surface area contributed by atoms with Crippen LogP contribution in [0.25, 0.3) is 0 Å². The normalized spacial score (nSPS) is 28.6. The quantitative estimate of drug-likeness (QED) is 0.862. The Morgan fingerprint density at radius 2 is 1.85 bits per heavy atom. The molecule has 1 aliphatic heterocycles. The van der Waals surface area contributed by atoms with Crippen LogP contribution in [-0.2, 0) is 15.6 Å². The zero-order valence-corrected chi connectivity index (χ0v) is 13.5. The van der Waals surface area contributed by atoms with Crippen LogP contribution >= 0.6 is 0 Å². The van der Waals surface area contributed by atoms with Crippen LogP contribution in [0.15, 0.2) is 0 Å². The summed E-state index contributed by atoms with van der Waals surface area (Å²) in [7, 11) is -0.845. The first kappa shape index (κ1) is 16.0. The molecule has 116 valence electrons. The molecule has 0 radical (unpaired) electrons. The van der Waals surface area contributed by atoms with Gasteiger partial charge in [0.2, 0.25) is 5.91 Å². The predicted molar refractivity (Wildman–Crippen MR) is 80.9 cm³/mol. The lowest BCUT2D eigenvalue weighted by molar-refractivity contribution is -0.136. The predicted octanol–water partition coefficient (Wildman–Crippen LogP) is 1.83. The van der Waals surface area contributed by atoms with E-state index in [9.17, 15) is 14.1 Å². The van der Waals surface area contributed by atoms with Crippen LogP contribution in [0.1, 0.15) is 58.8 Å². The van der Waals surface area contributed by atoms with E-state index in [1.807, 2.05) is 4.90 Å². The highest BCUT2D eigenvalue weighted by Gasteiger charge is 2.42. The third-order valence-electron chi connectivity index (χ3n) is 5.16. The van der Waals surface area contributed by atoms with Crippen molar-refractivity contribution in [2.24, 2.45) is 0 Å². The summed E-state index contributed by atoms with van der Waals surface area (Å²) in [6.07, 6.45) is 5.43. The first-order chi connectivity index (χ1) is 9.45. The Morgan fingerprint density at radius 1 is 1.25 bits per heavy atom. The number of nitrogens with zero attached hydrogens (tertiary/aromatic N) is 1. The van der Waals surface area contributed by atoms with E-state index < -0.39 is 16.4 Å². The molecule has 0 spiro atoms. The van der Waals surface area contributed by atoms with Gasteiger partial charge in [-0.15, -0.1) is 0 Å². The van der Waals surface area contributed by atoms with E-state index in [2.05, 4.69) is 13.8 Å². The van der Waals surface area contributed by atoms with Gasteiger partial charge >= 0.3 is 0 Å². The topological polar surface area (TPSA) is 57.6 Å². The van der Waals surface area contributed by atoms with Crippen molar-refractivity contribution < 1.29 is 14.1 Å². The molecule has 0 aromatic carbocycles. The molecule has 1 saturated carbocycles. The number of carbonyl (C=O) groups excluding carboxylic acids is 1. The molecule has 2 rings (SSSR count). The second-order valence-corrected chi connectivity index (χ2v) is 8.33. The highest BCUT2D eigenvalue weighted by molar-refractivity contribution is 7.86. The van der Waals surface area contributed by atoms with Gasteiger partial charge in [-0.25, -0.2) is 0 Å². The molecule has 1 unspecified atom stereocenters. The van der Waals surface area contributed by atoms with E-state index in [1.165, 1.54) is 0 Å². The van der Waals surface area contributed by atoms with Crippen LogP contribution in [0.3, 0.4) is 0 Å². The summed E-state index contributed by atoms with van der Waals surface area (Å²) >= 11 is 0. The van der Waals surface area contributed by atoms with Crippen LogP contribution < -0.4 is 0 Å². The van der Waals surface area contributed by atoms with Crippen molar-refractivity contribution in [3.63, 3.8) is 0 Å². The maximum Gasteiger partial charge on any atom is 0.225 e. The molecule has 1 atom stereocenters. The van der Waals surface area contributed by atoms with E-state index >= 15 is 0 Å². The summed E-state index contributed by atoms with van der Waals surface area (Å²) in [6.45, 7) is 5.27. The third kappa shape index (κ3) is 3.08. The molecule has 4 nitrogen and oxygen atoms in total. The summed E-state index contributed by atoms with van der Waals surface area (Å²) in [4.78, 5) is 14.3. The van der Waals surface area contributed by atoms with Crippen LogP contribution in [0.2, 0.25) is 0 Å². The molecule has 1 amide bonds. The van der Waals surface area contributed by atoms with Crippen LogP contribution in [0, 0.1) is 0 Å². The van der Waals surface area contributed by atoms with E-state index in [4.69, 9.17) is 0 Å². The fourth-order valence-electron chi connectivity index (χ4n) is 3.52. The summed E-state index contributed by atoms with van der Waals surface area (Å²) in [5, 5.41) is 10.4. The molecule has 0 aromatic heterocycles. The molecule has 2 aliphatic rings. The van der Waals surface area contributed by atoms with Crippen LogP contribution in [0.5, 0.6) is 0 Å². The van der Waals surface area contributed by atoms with Crippen LogP contribution in [-0.4, -0.2) is 49.3 Å². The Morgan fingerprint density at radius 3 is 2.40 bits per heavy atom. The highest BCUT2D eigenvalue weighted by Crippen LogP contribution is 2.34. The summed E-state index contributed by atoms with van der Waals surface area (Å²) in [5.41, 5.74) is -0.783. The van der Waals surface area contributed by atoms with E-state index in [0.29, 0.717) is 18.8 Å². The Labute approximate surface area is 124 Å². The van der Waals surface area contributed by atoms with Gasteiger partial charge in [0.15, 0.2) is 0 Å². The molecular formula is C15H27NO3S. The Hall–Kier alpha value is -0.420. The lowest BCUT2D eigenvalue weighted by atomic mass is 9.96. The fraction of sp³-hybridized carbons (Fsp3) is 0.933. The smallest absolute Gasteiger partial charge is 0.225 e. The van der Waals surface area contributed by atoms with Gasteiger partial charge in [-0.1, -0.05) is 26.7 Å². The zero-order chi connectivity index (χ0) is 14.8. The van der Waals surface area contributed by atoms with Crippen molar-refractivity contribution in [1.29, 1.82) is 0 Å². The van der Waals surface area contributed by atoms with E-state index in [-0.39, 0.29) is 17.1 Å². The number of aliphatic hydroxyl groups is 1. The standard InChI is InChI=1S/C15H27NO3S/c1-3-15(4-2)12-16(9-10-20(15)19)13(17)11-14(18)7-5-6-8-14/h18H,3-12H2,1-2H3. The highest BCUT2D eigenvalue weighted by atomic mass is 32.2. The lowest BCUT2D eigenvalue weighted by Gasteiger charge is -2.41. The molecule has 1 aliphatic carbocycles. The van der Waals surface area contributed by atoms with Crippen molar-refractivity contribution in [2.75, 3.05) is 18.8 Å². The minimum atomic E-state index is -0.845. The lowest BCUT2D eigenvalue weighted by Crippen LogP contribution is -2.55. The van der Waals surface area contributed by atoms with Crippen molar-refractivity contribution >= 4 is 16.7 Å². The Bertz CT molecular complexity index is 387. The van der Waals surface area contributed by atoms with Gasteiger partial charge in [0, 0.05) is 29.6 Å².